The van der Waals surface area contributed by atoms with E-state index in [1.165, 1.54) is 0 Å². The molecule has 0 aliphatic rings. The Bertz CT molecular complexity index is 1140. The van der Waals surface area contributed by atoms with Gasteiger partial charge in [-0.3, -0.25) is 4.79 Å². The molecule has 0 aliphatic heterocycles. The number of aromatic nitrogens is 2. The standard InChI is InChI=1S/C22H19N3O3/c1-14-20-18(21(26)23-17-10-6-7-15(11-17)13-27-2)12-19(24-22(20)28-25-14)16-8-4-3-5-9-16/h3-12H,13H2,1-2H3,(H,23,26). The van der Waals surface area contributed by atoms with Crippen LogP contribution in [-0.4, -0.2) is 23.2 Å². The van der Waals surface area contributed by atoms with Gasteiger partial charge in [0.1, 0.15) is 0 Å². The Morgan fingerprint density at radius 3 is 2.71 bits per heavy atom. The monoisotopic (exact) mass is 373 g/mol. The van der Waals surface area contributed by atoms with Crippen LogP contribution >= 0.6 is 0 Å². The Hall–Kier alpha value is -3.51. The minimum Gasteiger partial charge on any atom is -0.380 e. The first-order chi connectivity index (χ1) is 13.7. The van der Waals surface area contributed by atoms with Crippen molar-refractivity contribution in [2.24, 2.45) is 0 Å². The van der Waals surface area contributed by atoms with E-state index >= 15 is 0 Å². The summed E-state index contributed by atoms with van der Waals surface area (Å²) in [6.45, 7) is 2.28. The number of pyridine rings is 1. The van der Waals surface area contributed by atoms with Gasteiger partial charge < -0.3 is 14.6 Å². The van der Waals surface area contributed by atoms with Crippen LogP contribution < -0.4 is 5.32 Å². The van der Waals surface area contributed by atoms with Gasteiger partial charge in [-0.1, -0.05) is 47.6 Å². The van der Waals surface area contributed by atoms with Crippen molar-refractivity contribution in [2.75, 3.05) is 12.4 Å². The Balaban J connectivity index is 1.75. The van der Waals surface area contributed by atoms with E-state index in [-0.39, 0.29) is 5.91 Å². The fourth-order valence-electron chi connectivity index (χ4n) is 3.13. The largest absolute Gasteiger partial charge is 0.380 e. The molecular formula is C22H19N3O3. The van der Waals surface area contributed by atoms with Crippen LogP contribution in [0.4, 0.5) is 5.69 Å². The number of hydrogen-bond acceptors (Lipinski definition) is 5. The first-order valence-electron chi connectivity index (χ1n) is 8.87. The molecule has 0 radical (unpaired) electrons. The maximum absolute atomic E-state index is 13.1. The van der Waals surface area contributed by atoms with Crippen LogP contribution in [0.5, 0.6) is 0 Å². The number of nitrogens with one attached hydrogen (secondary N) is 1. The van der Waals surface area contributed by atoms with Gasteiger partial charge in [-0.05, 0) is 30.7 Å². The van der Waals surface area contributed by atoms with Gasteiger partial charge in [0.05, 0.1) is 28.9 Å². The number of hydrogen-bond donors (Lipinski definition) is 1. The van der Waals surface area contributed by atoms with Gasteiger partial charge in [-0.15, -0.1) is 0 Å². The Morgan fingerprint density at radius 1 is 1.11 bits per heavy atom. The molecule has 0 aliphatic carbocycles. The molecule has 0 fully saturated rings. The van der Waals surface area contributed by atoms with Crippen LogP contribution in [0.2, 0.25) is 0 Å². The van der Waals surface area contributed by atoms with E-state index in [0.717, 1.165) is 11.1 Å². The van der Waals surface area contributed by atoms with Crippen molar-refractivity contribution >= 4 is 22.7 Å². The molecule has 0 spiro atoms. The summed E-state index contributed by atoms with van der Waals surface area (Å²) in [4.78, 5) is 17.6. The van der Waals surface area contributed by atoms with Crippen LogP contribution in [0, 0.1) is 6.92 Å². The molecule has 140 valence electrons. The SMILES string of the molecule is COCc1cccc(NC(=O)c2cc(-c3ccccc3)nc3onc(C)c23)c1. The van der Waals surface area contributed by atoms with Gasteiger partial charge in [-0.2, -0.15) is 0 Å². The van der Waals surface area contributed by atoms with E-state index < -0.39 is 0 Å². The topological polar surface area (TPSA) is 77.2 Å². The van der Waals surface area contributed by atoms with E-state index in [4.69, 9.17) is 9.26 Å². The molecule has 0 atom stereocenters. The van der Waals surface area contributed by atoms with Crippen LogP contribution in [0.3, 0.4) is 0 Å². The number of aryl methyl sites for hydroxylation is 1. The minimum absolute atomic E-state index is 0.245. The smallest absolute Gasteiger partial charge is 0.259 e. The van der Waals surface area contributed by atoms with Crippen molar-refractivity contribution in [1.29, 1.82) is 0 Å². The number of carbonyl (C=O) groups excluding carboxylic acids is 1. The lowest BCUT2D eigenvalue weighted by Crippen LogP contribution is -2.13. The van der Waals surface area contributed by atoms with E-state index in [0.29, 0.717) is 40.3 Å². The van der Waals surface area contributed by atoms with Crippen molar-refractivity contribution in [3.05, 3.63) is 77.5 Å². The molecule has 4 aromatic rings. The summed E-state index contributed by atoms with van der Waals surface area (Å²) < 4.78 is 10.5. The Labute approximate surface area is 162 Å². The van der Waals surface area contributed by atoms with E-state index in [9.17, 15) is 4.79 Å². The van der Waals surface area contributed by atoms with E-state index in [2.05, 4.69) is 15.5 Å². The van der Waals surface area contributed by atoms with Crippen molar-refractivity contribution in [2.45, 2.75) is 13.5 Å². The van der Waals surface area contributed by atoms with Crippen LogP contribution in [0.1, 0.15) is 21.6 Å². The third kappa shape index (κ3) is 3.50. The van der Waals surface area contributed by atoms with Crippen LogP contribution in [-0.2, 0) is 11.3 Å². The van der Waals surface area contributed by atoms with Gasteiger partial charge in [0.25, 0.3) is 11.6 Å². The molecule has 6 heteroatoms. The first kappa shape index (κ1) is 17.9. The van der Waals surface area contributed by atoms with Crippen molar-refractivity contribution in [1.82, 2.24) is 10.1 Å². The number of amides is 1. The third-order valence-electron chi connectivity index (χ3n) is 4.43. The first-order valence-corrected chi connectivity index (χ1v) is 8.87. The molecule has 6 nitrogen and oxygen atoms in total. The predicted molar refractivity (Wildman–Crippen MR) is 107 cm³/mol. The maximum atomic E-state index is 13.1. The molecule has 0 saturated carbocycles. The lowest BCUT2D eigenvalue weighted by molar-refractivity contribution is 0.102. The average molecular weight is 373 g/mol. The minimum atomic E-state index is -0.245. The van der Waals surface area contributed by atoms with E-state index in [1.807, 2.05) is 54.6 Å². The molecule has 0 unspecified atom stereocenters. The summed E-state index contributed by atoms with van der Waals surface area (Å²) in [5.41, 5.74) is 4.67. The molecule has 0 bridgehead atoms. The summed E-state index contributed by atoms with van der Waals surface area (Å²) in [6.07, 6.45) is 0. The zero-order valence-electron chi connectivity index (χ0n) is 15.6. The number of rotatable bonds is 5. The highest BCUT2D eigenvalue weighted by atomic mass is 16.5. The Morgan fingerprint density at radius 2 is 1.93 bits per heavy atom. The molecule has 2 aromatic heterocycles. The molecule has 4 rings (SSSR count). The quantitative estimate of drug-likeness (QED) is 0.553. The van der Waals surface area contributed by atoms with Gasteiger partial charge in [0, 0.05) is 18.4 Å². The van der Waals surface area contributed by atoms with Gasteiger partial charge >= 0.3 is 0 Å². The maximum Gasteiger partial charge on any atom is 0.259 e. The summed E-state index contributed by atoms with van der Waals surface area (Å²) in [5.74, 6) is -0.245. The van der Waals surface area contributed by atoms with Gasteiger partial charge in [0.15, 0.2) is 0 Å². The molecule has 1 N–H and O–H groups in total. The lowest BCUT2D eigenvalue weighted by Gasteiger charge is -2.09. The third-order valence-corrected chi connectivity index (χ3v) is 4.43. The highest BCUT2D eigenvalue weighted by Crippen LogP contribution is 2.27. The number of methoxy groups -OCH3 is 1. The summed E-state index contributed by atoms with van der Waals surface area (Å²) in [6, 6.07) is 19.0. The second kappa shape index (κ2) is 7.62. The molecular weight excluding hydrogens is 354 g/mol. The molecule has 2 aromatic carbocycles. The molecule has 1 amide bonds. The van der Waals surface area contributed by atoms with Crippen molar-refractivity contribution in [3.8, 4) is 11.3 Å². The van der Waals surface area contributed by atoms with Crippen LogP contribution in [0.15, 0.2) is 65.2 Å². The Kier molecular flexibility index (Phi) is 4.87. The summed E-state index contributed by atoms with van der Waals surface area (Å²) in [5, 5.41) is 7.55. The fraction of sp³-hybridized carbons (Fsp3) is 0.136. The molecule has 28 heavy (non-hydrogen) atoms. The highest BCUT2D eigenvalue weighted by Gasteiger charge is 2.19. The second-order valence-electron chi connectivity index (χ2n) is 6.46. The van der Waals surface area contributed by atoms with E-state index in [1.54, 1.807) is 20.1 Å². The number of benzene rings is 2. The zero-order valence-corrected chi connectivity index (χ0v) is 15.6. The molecule has 2 heterocycles. The van der Waals surface area contributed by atoms with Crippen LogP contribution in [0.25, 0.3) is 22.4 Å². The van der Waals surface area contributed by atoms with Gasteiger partial charge in [-0.25, -0.2) is 4.98 Å². The number of carbonyl (C=O) groups is 1. The highest BCUT2D eigenvalue weighted by molar-refractivity contribution is 6.13. The number of nitrogens with zero attached hydrogens (tertiary/aromatic N) is 2. The van der Waals surface area contributed by atoms with Crippen molar-refractivity contribution in [3.63, 3.8) is 0 Å². The van der Waals surface area contributed by atoms with Gasteiger partial charge in [0.2, 0.25) is 0 Å². The summed E-state index contributed by atoms with van der Waals surface area (Å²) in [7, 11) is 1.64. The second-order valence-corrected chi connectivity index (χ2v) is 6.46. The average Bonchev–Trinajstić information content (AvgIpc) is 3.09. The fourth-order valence-corrected chi connectivity index (χ4v) is 3.13. The number of anilines is 1. The predicted octanol–water partition coefficient (Wildman–Crippen LogP) is 4.60. The number of ether oxygens (including phenoxy) is 1. The molecule has 0 saturated heterocycles. The van der Waals surface area contributed by atoms with Crippen molar-refractivity contribution < 1.29 is 14.1 Å². The lowest BCUT2D eigenvalue weighted by atomic mass is 10.0. The number of fused-ring (bicyclic) bond motifs is 1. The zero-order chi connectivity index (χ0) is 19.5. The normalized spacial score (nSPS) is 10.9. The summed E-state index contributed by atoms with van der Waals surface area (Å²) >= 11 is 0.